The summed E-state index contributed by atoms with van der Waals surface area (Å²) in [6.45, 7) is 22.1. The van der Waals surface area contributed by atoms with Gasteiger partial charge in [0.25, 0.3) is 0 Å². The summed E-state index contributed by atoms with van der Waals surface area (Å²) in [5.74, 6) is -5.05. The molecule has 16 heteroatoms. The molecule has 0 saturated heterocycles. The maximum atomic E-state index is 13.6. The molecule has 0 fully saturated rings. The standard InChI is InChI=1S/C34H58N4O6Si.C2HF3O2/c1-21(2)29(33(42)43)37-31(40)28(19-26-13-15-27(16-14-26)44-45(11,12)34(7,8)9)38(10)32(41)25(6)36-30(39)24(5)18-22(3)17-23(4)20-35;3-2(4,5)1(6)7/h13-17,21,23-25,28-29H,18-20,35H2,1-12H3,(H,36,39)(H,37,40)(H,42,43);(H,6,7)/b22-17+;/t23-,24-,25-,28+,29-;/m0./s1. The van der Waals surface area contributed by atoms with Crippen LogP contribution in [0.2, 0.25) is 18.1 Å². The molecule has 1 rings (SSSR count). The van der Waals surface area contributed by atoms with Gasteiger partial charge in [-0.15, -0.1) is 0 Å². The largest absolute Gasteiger partial charge is 0.544 e. The Morgan fingerprint density at radius 2 is 1.44 bits per heavy atom. The number of nitrogens with zero attached hydrogens (tertiary/aromatic N) is 1. The predicted molar refractivity (Wildman–Crippen MR) is 196 cm³/mol. The van der Waals surface area contributed by atoms with Crippen molar-refractivity contribution in [2.24, 2.45) is 23.5 Å². The van der Waals surface area contributed by atoms with Gasteiger partial charge in [0, 0.05) is 19.4 Å². The number of hydrogen-bond donors (Lipinski definition) is 5. The van der Waals surface area contributed by atoms with E-state index in [2.05, 4.69) is 44.5 Å². The van der Waals surface area contributed by atoms with Crippen molar-refractivity contribution in [3.63, 3.8) is 0 Å². The van der Waals surface area contributed by atoms with Crippen LogP contribution in [0.25, 0.3) is 0 Å². The maximum Gasteiger partial charge on any atom is 0.490 e. The van der Waals surface area contributed by atoms with Crippen molar-refractivity contribution in [2.45, 2.75) is 118 Å². The Kier molecular flexibility index (Phi) is 18.8. The normalized spacial score (nSPS) is 15.2. The van der Waals surface area contributed by atoms with E-state index in [1.54, 1.807) is 27.7 Å². The molecule has 0 bridgehead atoms. The van der Waals surface area contributed by atoms with Gasteiger partial charge in [0.1, 0.15) is 23.9 Å². The number of carboxylic acid groups (broad SMARTS) is 2. The van der Waals surface area contributed by atoms with Crippen LogP contribution in [0, 0.1) is 17.8 Å². The summed E-state index contributed by atoms with van der Waals surface area (Å²) in [5.41, 5.74) is 7.52. The zero-order chi connectivity index (χ0) is 40.9. The lowest BCUT2D eigenvalue weighted by molar-refractivity contribution is -0.192. The lowest BCUT2D eigenvalue weighted by Gasteiger charge is -2.36. The number of carboxylic acids is 2. The molecule has 0 heterocycles. The molecule has 1 aromatic rings. The van der Waals surface area contributed by atoms with Gasteiger partial charge >= 0.3 is 18.1 Å². The molecular weight excluding hydrogens is 701 g/mol. The average molecular weight is 761 g/mol. The topological polar surface area (TPSA) is 188 Å². The van der Waals surface area contributed by atoms with Crippen LogP contribution >= 0.6 is 0 Å². The van der Waals surface area contributed by atoms with Crippen LogP contribution in [0.3, 0.4) is 0 Å². The minimum absolute atomic E-state index is 0.0253. The van der Waals surface area contributed by atoms with E-state index >= 15 is 0 Å². The van der Waals surface area contributed by atoms with E-state index in [0.717, 1.165) is 16.9 Å². The quantitative estimate of drug-likeness (QED) is 0.109. The van der Waals surface area contributed by atoms with Crippen molar-refractivity contribution >= 4 is 38.0 Å². The number of hydrogen-bond acceptors (Lipinski definition) is 7. The third-order valence-corrected chi connectivity index (χ3v) is 13.2. The highest BCUT2D eigenvalue weighted by Crippen LogP contribution is 2.37. The Bertz CT molecular complexity index is 1400. The number of amides is 3. The number of carbonyl (C=O) groups is 5. The van der Waals surface area contributed by atoms with Crippen molar-refractivity contribution in [2.75, 3.05) is 13.6 Å². The Morgan fingerprint density at radius 1 is 0.942 bits per heavy atom. The van der Waals surface area contributed by atoms with E-state index in [1.807, 2.05) is 44.2 Å². The number of aliphatic carboxylic acids is 2. The van der Waals surface area contributed by atoms with Crippen LogP contribution in [0.1, 0.15) is 74.3 Å². The Labute approximate surface area is 306 Å². The van der Waals surface area contributed by atoms with Crippen molar-refractivity contribution in [1.29, 1.82) is 0 Å². The maximum absolute atomic E-state index is 13.6. The molecule has 0 aliphatic rings. The molecule has 52 heavy (non-hydrogen) atoms. The third-order valence-electron chi connectivity index (χ3n) is 8.87. The van der Waals surface area contributed by atoms with E-state index in [1.165, 1.54) is 11.9 Å². The highest BCUT2D eigenvalue weighted by atomic mass is 28.4. The van der Waals surface area contributed by atoms with Crippen LogP contribution in [0.15, 0.2) is 35.9 Å². The molecule has 0 aliphatic carbocycles. The highest BCUT2D eigenvalue weighted by molar-refractivity contribution is 6.74. The fraction of sp³-hybridized carbons (Fsp3) is 0.639. The lowest BCUT2D eigenvalue weighted by Crippen LogP contribution is -2.57. The van der Waals surface area contributed by atoms with Crippen LogP contribution < -0.4 is 20.8 Å². The molecule has 0 aromatic heterocycles. The number of nitrogens with one attached hydrogen (secondary N) is 2. The van der Waals surface area contributed by atoms with E-state index in [-0.39, 0.29) is 35.1 Å². The predicted octanol–water partition coefficient (Wildman–Crippen LogP) is 5.37. The molecule has 12 nitrogen and oxygen atoms in total. The van der Waals surface area contributed by atoms with Crippen molar-refractivity contribution in [3.05, 3.63) is 41.5 Å². The summed E-state index contributed by atoms with van der Waals surface area (Å²) in [6.07, 6.45) is -2.37. The first-order valence-corrected chi connectivity index (χ1v) is 20.0. The summed E-state index contributed by atoms with van der Waals surface area (Å²) in [6, 6.07) is 4.36. The van der Waals surface area contributed by atoms with E-state index in [4.69, 9.17) is 20.1 Å². The van der Waals surface area contributed by atoms with E-state index in [0.29, 0.717) is 13.0 Å². The fourth-order valence-corrected chi connectivity index (χ4v) is 5.64. The first-order chi connectivity index (χ1) is 23.5. The first kappa shape index (κ1) is 48.1. The summed E-state index contributed by atoms with van der Waals surface area (Å²) in [5, 5.41) is 22.2. The Hall–Kier alpha value is -3.92. The number of allylic oxidation sites excluding steroid dienone is 1. The number of halogens is 3. The van der Waals surface area contributed by atoms with Gasteiger partial charge < -0.3 is 35.9 Å². The van der Waals surface area contributed by atoms with Crippen LogP contribution in [0.4, 0.5) is 13.2 Å². The highest BCUT2D eigenvalue weighted by Gasteiger charge is 2.40. The molecular formula is C36H59F3N4O8Si. The van der Waals surface area contributed by atoms with Crippen molar-refractivity contribution in [3.8, 4) is 5.75 Å². The molecule has 6 N–H and O–H groups in total. The lowest BCUT2D eigenvalue weighted by atomic mass is 9.98. The van der Waals surface area contributed by atoms with Gasteiger partial charge in [-0.05, 0) is 74.5 Å². The third kappa shape index (κ3) is 16.2. The van der Waals surface area contributed by atoms with Crippen LogP contribution in [-0.4, -0.2) is 91.0 Å². The van der Waals surface area contributed by atoms with Gasteiger partial charge in [0.2, 0.25) is 26.0 Å². The van der Waals surface area contributed by atoms with Crippen molar-refractivity contribution < 1.29 is 51.8 Å². The SMILES string of the molecule is C/C(=C\[C@H](C)CN)C[C@H](C)C(=O)N[C@@H](C)C(=O)N(C)[C@H](Cc1ccc(O[Si](C)(C)C(C)(C)C)cc1)C(=O)N[C@H](C(=O)O)C(C)C.O=C(O)C(F)(F)F. The zero-order valence-electron chi connectivity index (χ0n) is 32.5. The van der Waals surface area contributed by atoms with Crippen LogP contribution in [0.5, 0.6) is 5.75 Å². The van der Waals surface area contributed by atoms with Gasteiger partial charge in [0.05, 0.1) is 0 Å². The van der Waals surface area contributed by atoms with E-state index in [9.17, 15) is 37.5 Å². The molecule has 3 amide bonds. The number of rotatable bonds is 16. The van der Waals surface area contributed by atoms with Gasteiger partial charge in [0.15, 0.2) is 0 Å². The summed E-state index contributed by atoms with van der Waals surface area (Å²) >= 11 is 0. The number of carbonyl (C=O) groups excluding carboxylic acids is 3. The summed E-state index contributed by atoms with van der Waals surface area (Å²) in [4.78, 5) is 62.2. The fourth-order valence-electron chi connectivity index (χ4n) is 4.61. The van der Waals surface area contributed by atoms with E-state index < -0.39 is 56.4 Å². The molecule has 0 unspecified atom stereocenters. The second kappa shape index (κ2) is 20.4. The molecule has 0 spiro atoms. The Balaban J connectivity index is 0.00000335. The van der Waals surface area contributed by atoms with Crippen molar-refractivity contribution in [1.82, 2.24) is 15.5 Å². The second-order valence-corrected chi connectivity index (χ2v) is 19.8. The molecule has 296 valence electrons. The molecule has 0 aliphatic heterocycles. The van der Waals surface area contributed by atoms with Gasteiger partial charge in [-0.1, -0.05) is 72.2 Å². The minimum atomic E-state index is -5.08. The second-order valence-electron chi connectivity index (χ2n) is 15.1. The number of nitrogens with two attached hydrogens (primary N) is 1. The zero-order valence-corrected chi connectivity index (χ0v) is 33.5. The van der Waals surface area contributed by atoms with Gasteiger partial charge in [-0.25, -0.2) is 9.59 Å². The average Bonchev–Trinajstić information content (AvgIpc) is 3.00. The summed E-state index contributed by atoms with van der Waals surface area (Å²) in [7, 11) is -0.554. The van der Waals surface area contributed by atoms with Gasteiger partial charge in [-0.3, -0.25) is 14.4 Å². The smallest absolute Gasteiger partial charge is 0.490 e. The molecule has 0 radical (unpaired) electrons. The number of alkyl halides is 3. The molecule has 0 saturated carbocycles. The molecule has 1 aromatic carbocycles. The number of likely N-dealkylation sites (N-methyl/N-ethyl adjacent to an activating group) is 1. The number of benzene rings is 1. The van der Waals surface area contributed by atoms with Gasteiger partial charge in [-0.2, -0.15) is 13.2 Å². The summed E-state index contributed by atoms with van der Waals surface area (Å²) < 4.78 is 38.1. The van der Waals surface area contributed by atoms with Crippen LogP contribution in [-0.2, 0) is 30.4 Å². The Morgan fingerprint density at radius 3 is 1.85 bits per heavy atom. The monoisotopic (exact) mass is 760 g/mol. The minimum Gasteiger partial charge on any atom is -0.544 e. The molecule has 5 atom stereocenters. The first-order valence-electron chi connectivity index (χ1n) is 17.1.